The molecular formula is C29H31N5O5S2. The summed E-state index contributed by atoms with van der Waals surface area (Å²) in [5.74, 6) is -0.327. The molecule has 1 aliphatic carbocycles. The molecule has 1 aliphatic rings. The summed E-state index contributed by atoms with van der Waals surface area (Å²) in [7, 11) is 0. The van der Waals surface area contributed by atoms with E-state index >= 15 is 0 Å². The first kappa shape index (κ1) is 28.6. The first-order valence-corrected chi connectivity index (χ1v) is 15.1. The summed E-state index contributed by atoms with van der Waals surface area (Å²) in [5, 5.41) is 15.0. The van der Waals surface area contributed by atoms with Crippen molar-refractivity contribution in [2.45, 2.75) is 63.9 Å². The number of furan rings is 1. The minimum Gasteiger partial charge on any atom is -0.462 e. The Hall–Kier alpha value is -3.90. The van der Waals surface area contributed by atoms with E-state index in [1.807, 2.05) is 36.6 Å². The van der Waals surface area contributed by atoms with Crippen molar-refractivity contribution in [3.05, 3.63) is 75.3 Å². The molecule has 0 unspecified atom stereocenters. The highest BCUT2D eigenvalue weighted by atomic mass is 32.2. The van der Waals surface area contributed by atoms with Crippen molar-refractivity contribution in [2.24, 2.45) is 0 Å². The van der Waals surface area contributed by atoms with Crippen molar-refractivity contribution in [3.63, 3.8) is 0 Å². The normalized spacial score (nSPS) is 13.1. The van der Waals surface area contributed by atoms with Crippen LogP contribution < -0.4 is 10.6 Å². The van der Waals surface area contributed by atoms with Crippen LogP contribution in [-0.4, -0.2) is 44.4 Å². The van der Waals surface area contributed by atoms with E-state index in [1.165, 1.54) is 29.4 Å². The number of benzene rings is 1. The highest BCUT2D eigenvalue weighted by molar-refractivity contribution is 8.00. The Bertz CT molecular complexity index is 1590. The van der Waals surface area contributed by atoms with Crippen LogP contribution in [0.3, 0.4) is 0 Å². The average molecular weight is 594 g/mol. The molecule has 3 aromatic heterocycles. The molecule has 0 bridgehead atoms. The number of ether oxygens (including phenoxy) is 1. The number of nitrogens with one attached hydrogen (secondary N) is 2. The van der Waals surface area contributed by atoms with Gasteiger partial charge in [-0.1, -0.05) is 23.9 Å². The maximum atomic E-state index is 13.4. The molecular weight excluding hydrogens is 562 g/mol. The van der Waals surface area contributed by atoms with Crippen LogP contribution in [0.2, 0.25) is 0 Å². The fraction of sp³-hybridized carbons (Fsp3) is 0.345. The molecule has 0 spiro atoms. The second kappa shape index (κ2) is 12.3. The van der Waals surface area contributed by atoms with Crippen molar-refractivity contribution in [1.82, 2.24) is 20.1 Å². The van der Waals surface area contributed by atoms with Gasteiger partial charge in [-0.3, -0.25) is 14.2 Å². The van der Waals surface area contributed by atoms with Gasteiger partial charge in [-0.2, -0.15) is 0 Å². The number of thioether (sulfide) groups is 1. The molecule has 3 heterocycles. The van der Waals surface area contributed by atoms with Crippen LogP contribution in [0, 0.1) is 13.8 Å². The molecule has 0 radical (unpaired) electrons. The molecule has 5 rings (SSSR count). The van der Waals surface area contributed by atoms with E-state index in [9.17, 15) is 14.4 Å². The molecule has 10 nitrogen and oxygen atoms in total. The molecule has 0 aliphatic heterocycles. The number of aromatic nitrogens is 3. The molecule has 2 amide bonds. The Balaban J connectivity index is 1.39. The van der Waals surface area contributed by atoms with Gasteiger partial charge >= 0.3 is 5.97 Å². The van der Waals surface area contributed by atoms with E-state index in [-0.39, 0.29) is 30.7 Å². The molecule has 4 aromatic rings. The van der Waals surface area contributed by atoms with E-state index in [4.69, 9.17) is 9.15 Å². The highest BCUT2D eigenvalue weighted by Crippen LogP contribution is 2.40. The number of fused-ring (bicyclic) bond motifs is 1. The fourth-order valence-corrected chi connectivity index (χ4v) is 6.86. The van der Waals surface area contributed by atoms with Gasteiger partial charge < -0.3 is 19.8 Å². The summed E-state index contributed by atoms with van der Waals surface area (Å²) in [6.45, 7) is 7.94. The number of amides is 2. The first-order valence-electron chi connectivity index (χ1n) is 13.4. The lowest BCUT2D eigenvalue weighted by Crippen LogP contribution is -2.25. The number of carbonyl (C=O) groups is 3. The highest BCUT2D eigenvalue weighted by Gasteiger charge is 2.30. The third-order valence-corrected chi connectivity index (χ3v) is 9.21. The number of anilines is 1. The van der Waals surface area contributed by atoms with Crippen LogP contribution in [0.4, 0.5) is 5.00 Å². The van der Waals surface area contributed by atoms with Gasteiger partial charge in [0.1, 0.15) is 5.00 Å². The monoisotopic (exact) mass is 593 g/mol. The predicted molar refractivity (Wildman–Crippen MR) is 157 cm³/mol. The third kappa shape index (κ3) is 5.94. The van der Waals surface area contributed by atoms with Gasteiger partial charge in [0.05, 0.1) is 35.9 Å². The zero-order valence-corrected chi connectivity index (χ0v) is 24.9. The minimum atomic E-state index is -0.569. The fourth-order valence-electron chi connectivity index (χ4n) is 4.70. The lowest BCUT2D eigenvalue weighted by atomic mass is 10.1. The van der Waals surface area contributed by atoms with Gasteiger partial charge in [0.25, 0.3) is 5.91 Å². The Kier molecular flexibility index (Phi) is 8.60. The van der Waals surface area contributed by atoms with Gasteiger partial charge in [-0.05, 0) is 81.8 Å². The molecule has 41 heavy (non-hydrogen) atoms. The summed E-state index contributed by atoms with van der Waals surface area (Å²) in [5.41, 5.74) is 4.42. The van der Waals surface area contributed by atoms with Crippen LogP contribution in [0.15, 0.2) is 46.2 Å². The summed E-state index contributed by atoms with van der Waals surface area (Å²) < 4.78 is 12.4. The summed E-state index contributed by atoms with van der Waals surface area (Å²) >= 11 is 2.70. The van der Waals surface area contributed by atoms with Crippen LogP contribution in [0.1, 0.15) is 68.6 Å². The van der Waals surface area contributed by atoms with E-state index in [0.717, 1.165) is 46.5 Å². The number of nitrogens with zero attached hydrogens (tertiary/aromatic N) is 3. The van der Waals surface area contributed by atoms with E-state index < -0.39 is 11.2 Å². The lowest BCUT2D eigenvalue weighted by Gasteiger charge is -2.16. The van der Waals surface area contributed by atoms with Crippen molar-refractivity contribution in [1.29, 1.82) is 0 Å². The number of rotatable bonds is 10. The van der Waals surface area contributed by atoms with Crippen LogP contribution >= 0.6 is 23.1 Å². The lowest BCUT2D eigenvalue weighted by molar-refractivity contribution is -0.115. The summed E-state index contributed by atoms with van der Waals surface area (Å²) in [6, 6.07) is 9.15. The van der Waals surface area contributed by atoms with Crippen molar-refractivity contribution in [3.8, 4) is 5.69 Å². The average Bonchev–Trinajstić information content (AvgIpc) is 3.74. The number of hydrogen-bond donors (Lipinski definition) is 2. The van der Waals surface area contributed by atoms with Gasteiger partial charge in [0, 0.05) is 4.88 Å². The van der Waals surface area contributed by atoms with Crippen LogP contribution in [0.5, 0.6) is 0 Å². The molecule has 12 heteroatoms. The molecule has 2 N–H and O–H groups in total. The van der Waals surface area contributed by atoms with Crippen LogP contribution in [0.25, 0.3) is 5.69 Å². The van der Waals surface area contributed by atoms with Crippen LogP contribution in [-0.2, 0) is 28.9 Å². The molecule has 0 fully saturated rings. The standard InChI is InChI=1S/C29H31N5O5S2/c1-5-38-28(37)24-19-10-7-13-22(19)41-27(24)31-25(35)18(4)40-29-33-32-23(15-30-26(36)21-12-8-14-39-21)34(29)20-11-6-9-16(2)17(20)3/h6,8-9,11-12,14,18H,5,7,10,13,15H2,1-4H3,(H,30,36)(H,31,35)/t18-/m1/s1. The second-order valence-electron chi connectivity index (χ2n) is 9.64. The van der Waals surface area contributed by atoms with Crippen molar-refractivity contribution in [2.75, 3.05) is 11.9 Å². The number of thiophene rings is 1. The largest absolute Gasteiger partial charge is 0.462 e. The Morgan fingerprint density at radius 1 is 1.17 bits per heavy atom. The second-order valence-corrected chi connectivity index (χ2v) is 12.1. The van der Waals surface area contributed by atoms with Gasteiger partial charge in [0.15, 0.2) is 16.7 Å². The zero-order chi connectivity index (χ0) is 29.1. The first-order chi connectivity index (χ1) is 19.8. The Labute approximate surface area is 245 Å². The Morgan fingerprint density at radius 2 is 2.00 bits per heavy atom. The smallest absolute Gasteiger partial charge is 0.341 e. The van der Waals surface area contributed by atoms with E-state index in [1.54, 1.807) is 26.0 Å². The van der Waals surface area contributed by atoms with Crippen molar-refractivity contribution < 1.29 is 23.5 Å². The summed E-state index contributed by atoms with van der Waals surface area (Å²) in [4.78, 5) is 39.8. The van der Waals surface area contributed by atoms with Gasteiger partial charge in [-0.25, -0.2) is 4.79 Å². The number of carbonyl (C=O) groups excluding carboxylic acids is 3. The SMILES string of the molecule is CCOC(=O)c1c(NC(=O)[C@@H](C)Sc2nnc(CNC(=O)c3ccco3)n2-c2cccc(C)c2C)sc2c1CCC2. The third-order valence-electron chi connectivity index (χ3n) is 6.96. The van der Waals surface area contributed by atoms with E-state index in [2.05, 4.69) is 20.8 Å². The maximum absolute atomic E-state index is 13.4. The minimum absolute atomic E-state index is 0.102. The topological polar surface area (TPSA) is 128 Å². The van der Waals surface area contributed by atoms with Gasteiger partial charge in [-0.15, -0.1) is 21.5 Å². The quantitative estimate of drug-likeness (QED) is 0.188. The summed E-state index contributed by atoms with van der Waals surface area (Å²) in [6.07, 6.45) is 4.13. The number of aryl methyl sites for hydroxylation is 2. The molecule has 0 saturated heterocycles. The molecule has 214 valence electrons. The number of hydrogen-bond acceptors (Lipinski definition) is 9. The molecule has 1 atom stereocenters. The Morgan fingerprint density at radius 3 is 2.76 bits per heavy atom. The molecule has 1 aromatic carbocycles. The van der Waals surface area contributed by atoms with E-state index in [0.29, 0.717) is 21.5 Å². The maximum Gasteiger partial charge on any atom is 0.341 e. The number of esters is 1. The zero-order valence-electron chi connectivity index (χ0n) is 23.3. The molecule has 0 saturated carbocycles. The van der Waals surface area contributed by atoms with Gasteiger partial charge in [0.2, 0.25) is 5.91 Å². The van der Waals surface area contributed by atoms with Crippen molar-refractivity contribution >= 4 is 45.9 Å². The predicted octanol–water partition coefficient (Wildman–Crippen LogP) is 5.25.